The summed E-state index contributed by atoms with van der Waals surface area (Å²) < 4.78 is 0. The summed E-state index contributed by atoms with van der Waals surface area (Å²) in [4.78, 5) is 28.8. The summed E-state index contributed by atoms with van der Waals surface area (Å²) in [6.45, 7) is 6.89. The molecule has 2 aromatic rings. The van der Waals surface area contributed by atoms with Crippen molar-refractivity contribution in [2.24, 2.45) is 0 Å². The molecule has 1 aliphatic rings. The van der Waals surface area contributed by atoms with Gasteiger partial charge in [-0.2, -0.15) is 0 Å². The maximum Gasteiger partial charge on any atom is 0.251 e. The molecular formula is C23H28ClN3O2. The number of carbonyl (C=O) groups is 2. The lowest BCUT2D eigenvalue weighted by molar-refractivity contribution is -0.133. The van der Waals surface area contributed by atoms with E-state index < -0.39 is 0 Å². The third kappa shape index (κ3) is 6.31. The molecule has 0 spiro atoms. The van der Waals surface area contributed by atoms with Crippen LogP contribution in [0.25, 0.3) is 0 Å². The molecule has 1 N–H and O–H groups in total. The zero-order chi connectivity index (χ0) is 20.6. The number of piperazine rings is 1. The zero-order valence-electron chi connectivity index (χ0n) is 16.9. The van der Waals surface area contributed by atoms with Crippen molar-refractivity contribution in [2.45, 2.75) is 26.3 Å². The zero-order valence-corrected chi connectivity index (χ0v) is 17.6. The minimum atomic E-state index is -0.140. The van der Waals surface area contributed by atoms with E-state index in [1.54, 1.807) is 24.3 Å². The van der Waals surface area contributed by atoms with E-state index in [1.807, 2.05) is 4.90 Å². The van der Waals surface area contributed by atoms with E-state index in [-0.39, 0.29) is 11.8 Å². The van der Waals surface area contributed by atoms with Crippen molar-refractivity contribution >= 4 is 23.4 Å². The molecule has 0 bridgehead atoms. The molecule has 1 heterocycles. The first-order chi connectivity index (χ1) is 14.0. The van der Waals surface area contributed by atoms with E-state index >= 15 is 0 Å². The van der Waals surface area contributed by atoms with Crippen LogP contribution in [0.1, 0.15) is 34.3 Å². The normalized spacial score (nSPS) is 14.6. The number of nitrogens with zero attached hydrogens (tertiary/aromatic N) is 2. The summed E-state index contributed by atoms with van der Waals surface area (Å²) in [6.07, 6.45) is 1.10. The number of amides is 2. The summed E-state index contributed by atoms with van der Waals surface area (Å²) in [5.41, 5.74) is 3.24. The van der Waals surface area contributed by atoms with Gasteiger partial charge in [-0.25, -0.2) is 0 Å². The van der Waals surface area contributed by atoms with Crippen molar-refractivity contribution in [3.05, 3.63) is 70.2 Å². The number of hydrogen-bond donors (Lipinski definition) is 1. The maximum absolute atomic E-state index is 12.4. The summed E-state index contributed by atoms with van der Waals surface area (Å²) >= 11 is 5.83. The van der Waals surface area contributed by atoms with Crippen LogP contribution in [0.3, 0.4) is 0 Å². The Morgan fingerprint density at radius 2 is 1.69 bits per heavy atom. The van der Waals surface area contributed by atoms with Crippen molar-refractivity contribution < 1.29 is 9.59 Å². The Bertz CT molecular complexity index is 830. The highest BCUT2D eigenvalue weighted by atomic mass is 35.5. The molecule has 29 heavy (non-hydrogen) atoms. The molecule has 0 radical (unpaired) electrons. The molecule has 1 saturated heterocycles. The molecule has 3 rings (SSSR count). The second-order valence-corrected chi connectivity index (χ2v) is 7.89. The van der Waals surface area contributed by atoms with Gasteiger partial charge in [-0.05, 0) is 48.7 Å². The van der Waals surface area contributed by atoms with Gasteiger partial charge >= 0.3 is 0 Å². The van der Waals surface area contributed by atoms with Crippen LogP contribution in [0.2, 0.25) is 5.02 Å². The van der Waals surface area contributed by atoms with Crippen LogP contribution >= 0.6 is 11.6 Å². The first-order valence-corrected chi connectivity index (χ1v) is 10.5. The number of aryl methyl sites for hydroxylation is 1. The molecule has 0 aromatic heterocycles. The van der Waals surface area contributed by atoms with Gasteiger partial charge in [-0.15, -0.1) is 0 Å². The highest BCUT2D eigenvalue weighted by molar-refractivity contribution is 6.30. The van der Waals surface area contributed by atoms with E-state index in [2.05, 4.69) is 41.4 Å². The van der Waals surface area contributed by atoms with E-state index in [1.165, 1.54) is 11.1 Å². The van der Waals surface area contributed by atoms with Crippen LogP contribution in [-0.4, -0.2) is 54.3 Å². The Labute approximate surface area is 177 Å². The third-order valence-electron chi connectivity index (χ3n) is 5.34. The maximum atomic E-state index is 12.4. The molecule has 2 amide bonds. The van der Waals surface area contributed by atoms with Gasteiger partial charge in [0.25, 0.3) is 5.91 Å². The largest absolute Gasteiger partial charge is 0.352 e. The Morgan fingerprint density at radius 3 is 2.38 bits per heavy atom. The lowest BCUT2D eigenvalue weighted by Crippen LogP contribution is -2.48. The van der Waals surface area contributed by atoms with Gasteiger partial charge in [0.15, 0.2) is 0 Å². The highest BCUT2D eigenvalue weighted by Crippen LogP contribution is 2.13. The number of rotatable bonds is 7. The van der Waals surface area contributed by atoms with Gasteiger partial charge in [0.1, 0.15) is 0 Å². The van der Waals surface area contributed by atoms with Crippen molar-refractivity contribution in [1.82, 2.24) is 15.1 Å². The van der Waals surface area contributed by atoms with Crippen molar-refractivity contribution in [3.63, 3.8) is 0 Å². The molecular weight excluding hydrogens is 386 g/mol. The molecule has 154 valence electrons. The quantitative estimate of drug-likeness (QED) is 0.707. The van der Waals surface area contributed by atoms with Gasteiger partial charge in [0.05, 0.1) is 0 Å². The van der Waals surface area contributed by atoms with Crippen LogP contribution in [0, 0.1) is 6.92 Å². The second-order valence-electron chi connectivity index (χ2n) is 7.45. The predicted molar refractivity (Wildman–Crippen MR) is 116 cm³/mol. The molecule has 1 aliphatic heterocycles. The summed E-state index contributed by atoms with van der Waals surface area (Å²) in [5, 5.41) is 3.46. The topological polar surface area (TPSA) is 52.6 Å². The molecule has 0 saturated carbocycles. The first-order valence-electron chi connectivity index (χ1n) is 10.1. The average Bonchev–Trinajstić information content (AvgIpc) is 2.73. The second kappa shape index (κ2) is 10.4. The number of hydrogen-bond acceptors (Lipinski definition) is 3. The fourth-order valence-corrected chi connectivity index (χ4v) is 3.61. The molecule has 0 aliphatic carbocycles. The smallest absolute Gasteiger partial charge is 0.251 e. The molecule has 2 aromatic carbocycles. The van der Waals surface area contributed by atoms with Crippen molar-refractivity contribution in [1.29, 1.82) is 0 Å². The standard InChI is InChI=1S/C23H28ClN3O2/c1-18-5-2-3-6-20(18)17-26-13-15-27(16-14-26)22(28)7-4-12-25-23(29)19-8-10-21(24)11-9-19/h2-3,5-6,8-11H,4,7,12-17H2,1H3,(H,25,29). The van der Waals surface area contributed by atoms with Gasteiger partial charge in [0.2, 0.25) is 5.91 Å². The van der Waals surface area contributed by atoms with Crippen LogP contribution in [0.15, 0.2) is 48.5 Å². The number of benzene rings is 2. The summed E-state index contributed by atoms with van der Waals surface area (Å²) in [7, 11) is 0. The van der Waals surface area contributed by atoms with E-state index in [9.17, 15) is 9.59 Å². The summed E-state index contributed by atoms with van der Waals surface area (Å²) in [5.74, 6) is 0.0280. The average molecular weight is 414 g/mol. The third-order valence-corrected chi connectivity index (χ3v) is 5.59. The number of halogens is 1. The molecule has 1 fully saturated rings. The number of nitrogens with one attached hydrogen (secondary N) is 1. The first kappa shape index (κ1) is 21.3. The van der Waals surface area contributed by atoms with Crippen LogP contribution in [0.5, 0.6) is 0 Å². The molecule has 5 nitrogen and oxygen atoms in total. The van der Waals surface area contributed by atoms with Gasteiger partial charge in [0, 0.05) is 56.3 Å². The SMILES string of the molecule is Cc1ccccc1CN1CCN(C(=O)CCCNC(=O)c2ccc(Cl)cc2)CC1. The highest BCUT2D eigenvalue weighted by Gasteiger charge is 2.21. The number of carbonyl (C=O) groups excluding carboxylic acids is 2. The fraction of sp³-hybridized carbons (Fsp3) is 0.391. The van der Waals surface area contributed by atoms with E-state index in [4.69, 9.17) is 11.6 Å². The fourth-order valence-electron chi connectivity index (χ4n) is 3.49. The van der Waals surface area contributed by atoms with E-state index in [0.717, 1.165) is 32.7 Å². The van der Waals surface area contributed by atoms with Gasteiger partial charge in [-0.3, -0.25) is 14.5 Å². The van der Waals surface area contributed by atoms with Crippen LogP contribution in [-0.2, 0) is 11.3 Å². The lowest BCUT2D eigenvalue weighted by atomic mass is 10.1. The van der Waals surface area contributed by atoms with E-state index in [0.29, 0.717) is 30.0 Å². The Morgan fingerprint density at radius 1 is 1.00 bits per heavy atom. The van der Waals surface area contributed by atoms with Crippen LogP contribution < -0.4 is 5.32 Å². The molecule has 0 atom stereocenters. The Balaban J connectivity index is 1.34. The van der Waals surface area contributed by atoms with Gasteiger partial charge in [-0.1, -0.05) is 35.9 Å². The monoisotopic (exact) mass is 413 g/mol. The van der Waals surface area contributed by atoms with Gasteiger partial charge < -0.3 is 10.2 Å². The predicted octanol–water partition coefficient (Wildman–Crippen LogP) is 3.50. The van der Waals surface area contributed by atoms with Crippen LogP contribution in [0.4, 0.5) is 0 Å². The lowest BCUT2D eigenvalue weighted by Gasteiger charge is -2.35. The molecule has 0 unspecified atom stereocenters. The Kier molecular flexibility index (Phi) is 7.67. The Hall–Kier alpha value is -2.37. The molecule has 6 heteroatoms. The minimum absolute atomic E-state index is 0.140. The minimum Gasteiger partial charge on any atom is -0.352 e. The summed E-state index contributed by atoms with van der Waals surface area (Å²) in [6, 6.07) is 15.2. The van der Waals surface area contributed by atoms with Crippen molar-refractivity contribution in [2.75, 3.05) is 32.7 Å². The van der Waals surface area contributed by atoms with Crippen molar-refractivity contribution in [3.8, 4) is 0 Å².